The fourth-order valence-electron chi connectivity index (χ4n) is 2.23. The van der Waals surface area contributed by atoms with E-state index in [2.05, 4.69) is 34.6 Å². The maximum absolute atomic E-state index is 5.43. The predicted molar refractivity (Wildman–Crippen MR) is 85.4 cm³/mol. The van der Waals surface area contributed by atoms with Crippen molar-refractivity contribution in [1.82, 2.24) is 10.3 Å². The molecule has 0 aliphatic rings. The zero-order chi connectivity index (χ0) is 14.8. The van der Waals surface area contributed by atoms with Gasteiger partial charge >= 0.3 is 0 Å². The van der Waals surface area contributed by atoms with E-state index in [1.807, 2.05) is 12.3 Å². The van der Waals surface area contributed by atoms with Crippen LogP contribution in [-0.4, -0.2) is 38.5 Å². The van der Waals surface area contributed by atoms with Crippen molar-refractivity contribution in [3.8, 4) is 0 Å². The van der Waals surface area contributed by atoms with Crippen molar-refractivity contribution in [3.05, 3.63) is 42.1 Å². The van der Waals surface area contributed by atoms with Crippen LogP contribution in [0.4, 0.5) is 0 Å². The molecular formula is C17H24N2O2. The number of nitrogens with zero attached hydrogens (tertiary/aromatic N) is 1. The smallest absolute Gasteiger partial charge is 0.0746 e. The van der Waals surface area contributed by atoms with Gasteiger partial charge in [-0.25, -0.2) is 0 Å². The van der Waals surface area contributed by atoms with Crippen molar-refractivity contribution in [1.29, 1.82) is 0 Å². The Balaban J connectivity index is 1.64. The molecule has 4 nitrogen and oxygen atoms in total. The number of ether oxygens (including phenoxy) is 2. The van der Waals surface area contributed by atoms with E-state index in [9.17, 15) is 0 Å². The first-order valence-electron chi connectivity index (χ1n) is 7.52. The number of unbranched alkanes of at least 4 members (excludes halogenated alkanes) is 1. The van der Waals surface area contributed by atoms with E-state index in [1.165, 1.54) is 10.9 Å². The molecule has 1 aromatic heterocycles. The van der Waals surface area contributed by atoms with Gasteiger partial charge in [0.05, 0.1) is 18.7 Å². The standard InChI is InChI=1S/C17H24N2O2/c1-20-12-13-21-11-3-2-9-18-14-16-7-4-6-15-8-5-10-19-17(15)16/h4-8,10,18H,2-3,9,11-14H2,1H3. The first-order chi connectivity index (χ1) is 10.4. The predicted octanol–water partition coefficient (Wildman–Crippen LogP) is 2.77. The summed E-state index contributed by atoms with van der Waals surface area (Å²) in [6, 6.07) is 10.4. The summed E-state index contributed by atoms with van der Waals surface area (Å²) in [6.45, 7) is 4.02. The number of para-hydroxylation sites is 1. The van der Waals surface area contributed by atoms with Gasteiger partial charge in [-0.1, -0.05) is 24.3 Å². The molecule has 0 radical (unpaired) electrons. The molecule has 0 saturated carbocycles. The van der Waals surface area contributed by atoms with Crippen LogP contribution >= 0.6 is 0 Å². The molecule has 2 rings (SSSR count). The van der Waals surface area contributed by atoms with E-state index in [1.54, 1.807) is 7.11 Å². The molecule has 0 saturated heterocycles. The highest BCUT2D eigenvalue weighted by atomic mass is 16.5. The molecule has 21 heavy (non-hydrogen) atoms. The number of aromatic nitrogens is 1. The lowest BCUT2D eigenvalue weighted by Crippen LogP contribution is -2.15. The van der Waals surface area contributed by atoms with Crippen LogP contribution in [0.1, 0.15) is 18.4 Å². The molecule has 4 heteroatoms. The molecule has 1 aromatic carbocycles. The van der Waals surface area contributed by atoms with E-state index in [0.29, 0.717) is 13.2 Å². The van der Waals surface area contributed by atoms with Crippen LogP contribution in [0, 0.1) is 0 Å². The number of benzene rings is 1. The second kappa shape index (κ2) is 9.45. The quantitative estimate of drug-likeness (QED) is 0.683. The van der Waals surface area contributed by atoms with Gasteiger partial charge in [0.15, 0.2) is 0 Å². The summed E-state index contributed by atoms with van der Waals surface area (Å²) >= 11 is 0. The Bertz CT molecular complexity index is 526. The summed E-state index contributed by atoms with van der Waals surface area (Å²) in [5, 5.41) is 4.67. The van der Waals surface area contributed by atoms with E-state index in [4.69, 9.17) is 9.47 Å². The first kappa shape index (κ1) is 15.9. The molecule has 0 amide bonds. The fraction of sp³-hybridized carbons (Fsp3) is 0.471. The normalized spacial score (nSPS) is 11.1. The lowest BCUT2D eigenvalue weighted by Gasteiger charge is -2.08. The Morgan fingerprint density at radius 3 is 2.86 bits per heavy atom. The van der Waals surface area contributed by atoms with Crippen molar-refractivity contribution >= 4 is 10.9 Å². The number of rotatable bonds is 10. The minimum absolute atomic E-state index is 0.673. The number of fused-ring (bicyclic) bond motifs is 1. The Kier molecular flexibility index (Phi) is 7.15. The average molecular weight is 288 g/mol. The Labute approximate surface area is 126 Å². The molecule has 0 atom stereocenters. The summed E-state index contributed by atoms with van der Waals surface area (Å²) in [5.41, 5.74) is 2.35. The molecule has 0 fully saturated rings. The molecular weight excluding hydrogens is 264 g/mol. The zero-order valence-electron chi connectivity index (χ0n) is 12.7. The molecule has 1 heterocycles. The number of hydrogen-bond acceptors (Lipinski definition) is 4. The lowest BCUT2D eigenvalue weighted by atomic mass is 10.1. The van der Waals surface area contributed by atoms with Gasteiger partial charge in [0.25, 0.3) is 0 Å². The lowest BCUT2D eigenvalue weighted by molar-refractivity contribution is 0.0688. The highest BCUT2D eigenvalue weighted by Crippen LogP contribution is 2.15. The van der Waals surface area contributed by atoms with E-state index in [0.717, 1.165) is 38.1 Å². The largest absolute Gasteiger partial charge is 0.382 e. The van der Waals surface area contributed by atoms with E-state index >= 15 is 0 Å². The fourth-order valence-corrected chi connectivity index (χ4v) is 2.23. The van der Waals surface area contributed by atoms with Crippen LogP contribution in [-0.2, 0) is 16.0 Å². The number of hydrogen-bond donors (Lipinski definition) is 1. The monoisotopic (exact) mass is 288 g/mol. The minimum atomic E-state index is 0.673. The van der Waals surface area contributed by atoms with Crippen molar-refractivity contribution in [2.45, 2.75) is 19.4 Å². The first-order valence-corrected chi connectivity index (χ1v) is 7.52. The zero-order valence-corrected chi connectivity index (χ0v) is 12.7. The second-order valence-electron chi connectivity index (χ2n) is 4.98. The molecule has 1 N–H and O–H groups in total. The third-order valence-electron chi connectivity index (χ3n) is 3.36. The SMILES string of the molecule is COCCOCCCCNCc1cccc2cccnc12. The third kappa shape index (κ3) is 5.42. The van der Waals surface area contributed by atoms with E-state index < -0.39 is 0 Å². The second-order valence-corrected chi connectivity index (χ2v) is 4.98. The maximum atomic E-state index is 5.43. The van der Waals surface area contributed by atoms with Crippen molar-refractivity contribution in [3.63, 3.8) is 0 Å². The van der Waals surface area contributed by atoms with Crippen LogP contribution in [0.5, 0.6) is 0 Å². The van der Waals surface area contributed by atoms with Crippen LogP contribution in [0.3, 0.4) is 0 Å². The van der Waals surface area contributed by atoms with Gasteiger partial charge in [-0.15, -0.1) is 0 Å². The van der Waals surface area contributed by atoms with Gasteiger partial charge in [-0.3, -0.25) is 4.98 Å². The van der Waals surface area contributed by atoms with Crippen LogP contribution in [0.15, 0.2) is 36.5 Å². The molecule has 0 spiro atoms. The summed E-state index contributed by atoms with van der Waals surface area (Å²) < 4.78 is 10.4. The summed E-state index contributed by atoms with van der Waals surface area (Å²) in [5.74, 6) is 0. The van der Waals surface area contributed by atoms with Crippen molar-refractivity contribution in [2.75, 3.05) is 33.5 Å². The van der Waals surface area contributed by atoms with E-state index in [-0.39, 0.29) is 0 Å². The average Bonchev–Trinajstić information content (AvgIpc) is 2.53. The molecule has 114 valence electrons. The molecule has 0 aliphatic heterocycles. The Morgan fingerprint density at radius 1 is 1.05 bits per heavy atom. The van der Waals surface area contributed by atoms with Gasteiger partial charge in [-0.2, -0.15) is 0 Å². The highest BCUT2D eigenvalue weighted by molar-refractivity contribution is 5.81. The van der Waals surface area contributed by atoms with Gasteiger partial charge in [-0.05, 0) is 31.0 Å². The number of pyridine rings is 1. The molecule has 0 aliphatic carbocycles. The van der Waals surface area contributed by atoms with Crippen LogP contribution in [0.25, 0.3) is 10.9 Å². The topological polar surface area (TPSA) is 43.4 Å². The number of nitrogens with one attached hydrogen (secondary N) is 1. The van der Waals surface area contributed by atoms with Crippen LogP contribution in [0.2, 0.25) is 0 Å². The maximum Gasteiger partial charge on any atom is 0.0746 e. The molecule has 2 aromatic rings. The summed E-state index contributed by atoms with van der Waals surface area (Å²) in [7, 11) is 1.69. The van der Waals surface area contributed by atoms with Gasteiger partial charge in [0.2, 0.25) is 0 Å². The van der Waals surface area contributed by atoms with Gasteiger partial charge < -0.3 is 14.8 Å². The highest BCUT2D eigenvalue weighted by Gasteiger charge is 2.00. The Morgan fingerprint density at radius 2 is 1.95 bits per heavy atom. The summed E-state index contributed by atoms with van der Waals surface area (Å²) in [6.07, 6.45) is 4.04. The van der Waals surface area contributed by atoms with Gasteiger partial charge in [0, 0.05) is 31.8 Å². The third-order valence-corrected chi connectivity index (χ3v) is 3.36. The number of methoxy groups -OCH3 is 1. The van der Waals surface area contributed by atoms with Crippen LogP contribution < -0.4 is 5.32 Å². The van der Waals surface area contributed by atoms with Crippen molar-refractivity contribution < 1.29 is 9.47 Å². The molecule has 0 unspecified atom stereocenters. The van der Waals surface area contributed by atoms with Gasteiger partial charge in [0.1, 0.15) is 0 Å². The minimum Gasteiger partial charge on any atom is -0.382 e. The van der Waals surface area contributed by atoms with Crippen molar-refractivity contribution in [2.24, 2.45) is 0 Å². The molecule has 0 bridgehead atoms. The summed E-state index contributed by atoms with van der Waals surface area (Å²) in [4.78, 5) is 4.47. The Hall–Kier alpha value is -1.49.